The summed E-state index contributed by atoms with van der Waals surface area (Å²) >= 11 is 0. The Morgan fingerprint density at radius 3 is 2.65 bits per heavy atom. The zero-order chi connectivity index (χ0) is 14.6. The first-order valence-electron chi connectivity index (χ1n) is 7.55. The van der Waals surface area contributed by atoms with Gasteiger partial charge in [0, 0.05) is 12.6 Å². The molecular formula is C17H27NO2. The third kappa shape index (κ3) is 4.22. The second-order valence-corrected chi connectivity index (χ2v) is 6.65. The van der Waals surface area contributed by atoms with Crippen LogP contribution in [0.3, 0.4) is 0 Å². The number of benzene rings is 1. The molecule has 2 atom stereocenters. The van der Waals surface area contributed by atoms with E-state index in [1.807, 2.05) is 24.3 Å². The topological polar surface area (TPSA) is 41.5 Å². The van der Waals surface area contributed by atoms with Crippen LogP contribution in [0.1, 0.15) is 51.2 Å². The van der Waals surface area contributed by atoms with E-state index < -0.39 is 6.10 Å². The normalized spacial score (nSPS) is 23.3. The lowest BCUT2D eigenvalue weighted by atomic mass is 9.75. The Labute approximate surface area is 122 Å². The summed E-state index contributed by atoms with van der Waals surface area (Å²) in [5, 5.41) is 13.8. The van der Waals surface area contributed by atoms with Crippen molar-refractivity contribution in [3.63, 3.8) is 0 Å². The molecule has 0 aliphatic heterocycles. The largest absolute Gasteiger partial charge is 0.497 e. The minimum Gasteiger partial charge on any atom is -0.497 e. The number of hydrogen-bond donors (Lipinski definition) is 2. The Hall–Kier alpha value is -1.06. The Morgan fingerprint density at radius 2 is 2.05 bits per heavy atom. The lowest BCUT2D eigenvalue weighted by Crippen LogP contribution is -2.39. The highest BCUT2D eigenvalue weighted by Crippen LogP contribution is 2.35. The number of nitrogens with one attached hydrogen (secondary N) is 1. The van der Waals surface area contributed by atoms with Crippen molar-refractivity contribution in [3.05, 3.63) is 29.8 Å². The average molecular weight is 277 g/mol. The van der Waals surface area contributed by atoms with E-state index in [9.17, 15) is 5.11 Å². The van der Waals surface area contributed by atoms with Crippen molar-refractivity contribution in [3.8, 4) is 5.75 Å². The lowest BCUT2D eigenvalue weighted by molar-refractivity contribution is 0.147. The summed E-state index contributed by atoms with van der Waals surface area (Å²) in [6.45, 7) is 5.29. The van der Waals surface area contributed by atoms with Gasteiger partial charge in [-0.3, -0.25) is 0 Å². The SMILES string of the molecule is COc1ccc(C(O)CNC2CCCC(C)(C)C2)cc1. The molecule has 0 heterocycles. The Kier molecular flexibility index (Phi) is 5.06. The molecule has 0 bridgehead atoms. The molecule has 1 fully saturated rings. The number of hydrogen-bond acceptors (Lipinski definition) is 3. The Bertz CT molecular complexity index is 414. The maximum absolute atomic E-state index is 10.2. The second-order valence-electron chi connectivity index (χ2n) is 6.65. The smallest absolute Gasteiger partial charge is 0.118 e. The maximum Gasteiger partial charge on any atom is 0.118 e. The first-order chi connectivity index (χ1) is 9.50. The van der Waals surface area contributed by atoms with Crippen molar-refractivity contribution in [2.75, 3.05) is 13.7 Å². The Morgan fingerprint density at radius 1 is 1.35 bits per heavy atom. The predicted molar refractivity (Wildman–Crippen MR) is 82.0 cm³/mol. The van der Waals surface area contributed by atoms with Gasteiger partial charge in [0.15, 0.2) is 0 Å². The highest BCUT2D eigenvalue weighted by Gasteiger charge is 2.27. The van der Waals surface area contributed by atoms with Crippen molar-refractivity contribution in [2.24, 2.45) is 5.41 Å². The predicted octanol–water partition coefficient (Wildman–Crippen LogP) is 3.29. The van der Waals surface area contributed by atoms with Crippen LogP contribution >= 0.6 is 0 Å². The third-order valence-corrected chi connectivity index (χ3v) is 4.31. The highest BCUT2D eigenvalue weighted by atomic mass is 16.5. The zero-order valence-corrected chi connectivity index (χ0v) is 12.9. The average Bonchev–Trinajstić information content (AvgIpc) is 2.44. The maximum atomic E-state index is 10.2. The van der Waals surface area contributed by atoms with Gasteiger partial charge in [-0.1, -0.05) is 32.4 Å². The number of aliphatic hydroxyl groups is 1. The first-order valence-corrected chi connectivity index (χ1v) is 7.55. The molecule has 2 rings (SSSR count). The molecule has 1 aromatic carbocycles. The number of methoxy groups -OCH3 is 1. The van der Waals surface area contributed by atoms with Crippen molar-refractivity contribution >= 4 is 0 Å². The molecule has 1 aliphatic rings. The molecule has 2 N–H and O–H groups in total. The standard InChI is InChI=1S/C17H27NO2/c1-17(2)10-4-5-14(11-17)18-12-16(19)13-6-8-15(20-3)9-7-13/h6-9,14,16,18-19H,4-5,10-12H2,1-3H3. The van der Waals surface area contributed by atoms with Crippen LogP contribution in [-0.4, -0.2) is 24.8 Å². The van der Waals surface area contributed by atoms with Crippen LogP contribution in [0.2, 0.25) is 0 Å². The van der Waals surface area contributed by atoms with Crippen molar-refractivity contribution in [1.29, 1.82) is 0 Å². The summed E-state index contributed by atoms with van der Waals surface area (Å²) in [4.78, 5) is 0. The number of aliphatic hydroxyl groups excluding tert-OH is 1. The fourth-order valence-electron chi connectivity index (χ4n) is 3.09. The Balaban J connectivity index is 1.83. The van der Waals surface area contributed by atoms with E-state index in [0.717, 1.165) is 11.3 Å². The summed E-state index contributed by atoms with van der Waals surface area (Å²) in [7, 11) is 1.65. The minimum absolute atomic E-state index is 0.432. The van der Waals surface area contributed by atoms with Crippen molar-refractivity contribution in [2.45, 2.75) is 51.7 Å². The van der Waals surface area contributed by atoms with Crippen LogP contribution in [0, 0.1) is 5.41 Å². The monoisotopic (exact) mass is 277 g/mol. The van der Waals surface area contributed by atoms with Gasteiger partial charge in [-0.25, -0.2) is 0 Å². The summed E-state index contributed by atoms with van der Waals surface area (Å²) in [5.74, 6) is 0.822. The third-order valence-electron chi connectivity index (χ3n) is 4.31. The summed E-state index contributed by atoms with van der Waals surface area (Å²) in [6, 6.07) is 8.17. The van der Waals surface area contributed by atoms with E-state index in [1.54, 1.807) is 7.11 Å². The van der Waals surface area contributed by atoms with Gasteiger partial charge in [0.2, 0.25) is 0 Å². The highest BCUT2D eigenvalue weighted by molar-refractivity contribution is 5.28. The summed E-state index contributed by atoms with van der Waals surface area (Å²) in [5.41, 5.74) is 1.37. The molecular weight excluding hydrogens is 250 g/mol. The van der Waals surface area contributed by atoms with Gasteiger partial charge >= 0.3 is 0 Å². The van der Waals surface area contributed by atoms with Crippen LogP contribution in [0.4, 0.5) is 0 Å². The molecule has 0 radical (unpaired) electrons. The molecule has 1 aromatic rings. The molecule has 0 spiro atoms. The van der Waals surface area contributed by atoms with Crippen LogP contribution in [0.5, 0.6) is 5.75 Å². The summed E-state index contributed by atoms with van der Waals surface area (Å²) in [6.07, 6.45) is 4.56. The molecule has 112 valence electrons. The van der Waals surface area contributed by atoms with Gasteiger partial charge in [0.25, 0.3) is 0 Å². The van der Waals surface area contributed by atoms with Crippen LogP contribution in [-0.2, 0) is 0 Å². The number of ether oxygens (including phenoxy) is 1. The van der Waals surface area contributed by atoms with Gasteiger partial charge in [0.05, 0.1) is 13.2 Å². The zero-order valence-electron chi connectivity index (χ0n) is 12.9. The number of rotatable bonds is 5. The molecule has 3 heteroatoms. The van der Waals surface area contributed by atoms with Crippen LogP contribution in [0.25, 0.3) is 0 Å². The van der Waals surface area contributed by atoms with E-state index in [-0.39, 0.29) is 0 Å². The van der Waals surface area contributed by atoms with E-state index >= 15 is 0 Å². The molecule has 20 heavy (non-hydrogen) atoms. The molecule has 1 aliphatic carbocycles. The summed E-state index contributed by atoms with van der Waals surface area (Å²) < 4.78 is 5.13. The molecule has 0 amide bonds. The lowest BCUT2D eigenvalue weighted by Gasteiger charge is -2.36. The van der Waals surface area contributed by atoms with Gasteiger partial charge in [-0.05, 0) is 42.4 Å². The molecule has 0 aromatic heterocycles. The molecule has 0 saturated heterocycles. The molecule has 1 saturated carbocycles. The van der Waals surface area contributed by atoms with E-state index in [1.165, 1.54) is 25.7 Å². The van der Waals surface area contributed by atoms with E-state index in [2.05, 4.69) is 19.2 Å². The van der Waals surface area contributed by atoms with Crippen LogP contribution < -0.4 is 10.1 Å². The van der Waals surface area contributed by atoms with Crippen molar-refractivity contribution in [1.82, 2.24) is 5.32 Å². The van der Waals surface area contributed by atoms with E-state index in [4.69, 9.17) is 4.74 Å². The fourth-order valence-corrected chi connectivity index (χ4v) is 3.09. The van der Waals surface area contributed by atoms with Crippen molar-refractivity contribution < 1.29 is 9.84 Å². The van der Waals surface area contributed by atoms with Crippen LogP contribution in [0.15, 0.2) is 24.3 Å². The molecule has 2 unspecified atom stereocenters. The second kappa shape index (κ2) is 6.59. The fraction of sp³-hybridized carbons (Fsp3) is 0.647. The van der Waals surface area contributed by atoms with Gasteiger partial charge in [-0.15, -0.1) is 0 Å². The van der Waals surface area contributed by atoms with E-state index in [0.29, 0.717) is 18.0 Å². The van der Waals surface area contributed by atoms with Gasteiger partial charge in [0.1, 0.15) is 5.75 Å². The van der Waals surface area contributed by atoms with Gasteiger partial charge < -0.3 is 15.2 Å². The van der Waals surface area contributed by atoms with Gasteiger partial charge in [-0.2, -0.15) is 0 Å². The first kappa shape index (κ1) is 15.3. The minimum atomic E-state index is -0.453. The molecule has 3 nitrogen and oxygen atoms in total. The quantitative estimate of drug-likeness (QED) is 0.868.